The molecular weight excluding hydrogens is 260 g/mol. The van der Waals surface area contributed by atoms with Crippen LogP contribution >= 0.6 is 15.9 Å². The number of carbonyl (C=O) groups excluding carboxylic acids is 1. The molecular formula is C10H9BrN2O2. The highest BCUT2D eigenvalue weighted by molar-refractivity contribution is 9.10. The number of rotatable bonds is 1. The van der Waals surface area contributed by atoms with Gasteiger partial charge in [0.25, 0.3) is 0 Å². The summed E-state index contributed by atoms with van der Waals surface area (Å²) in [4.78, 5) is 18.6. The fourth-order valence-electron chi connectivity index (χ4n) is 1.39. The third kappa shape index (κ3) is 1.63. The number of H-pyrrole nitrogens is 1. The van der Waals surface area contributed by atoms with Crippen molar-refractivity contribution in [2.24, 2.45) is 0 Å². The average molecular weight is 269 g/mol. The van der Waals surface area contributed by atoms with E-state index in [2.05, 4.69) is 30.6 Å². The van der Waals surface area contributed by atoms with Gasteiger partial charge < -0.3 is 9.72 Å². The van der Waals surface area contributed by atoms with Crippen LogP contribution in [0.4, 0.5) is 0 Å². The van der Waals surface area contributed by atoms with E-state index in [0.29, 0.717) is 11.2 Å². The zero-order chi connectivity index (χ0) is 11.0. The summed E-state index contributed by atoms with van der Waals surface area (Å²) in [5.74, 6) is -0.362. The first-order valence-electron chi connectivity index (χ1n) is 4.36. The predicted octanol–water partition coefficient (Wildman–Crippen LogP) is 2.42. The average Bonchev–Trinajstić information content (AvgIpc) is 2.61. The second-order valence-electron chi connectivity index (χ2n) is 3.15. The molecule has 2 aromatic heterocycles. The van der Waals surface area contributed by atoms with Crippen LogP contribution in [-0.2, 0) is 4.74 Å². The van der Waals surface area contributed by atoms with Crippen molar-refractivity contribution in [1.29, 1.82) is 0 Å². The van der Waals surface area contributed by atoms with Crippen LogP contribution in [0.1, 0.15) is 16.1 Å². The van der Waals surface area contributed by atoms with Crippen LogP contribution < -0.4 is 0 Å². The zero-order valence-electron chi connectivity index (χ0n) is 8.30. The van der Waals surface area contributed by atoms with Crippen molar-refractivity contribution in [2.75, 3.05) is 7.11 Å². The van der Waals surface area contributed by atoms with Gasteiger partial charge in [-0.25, -0.2) is 9.78 Å². The number of esters is 1. The summed E-state index contributed by atoms with van der Waals surface area (Å²) < 4.78 is 5.55. The Morgan fingerprint density at radius 1 is 1.60 bits per heavy atom. The molecule has 0 radical (unpaired) electrons. The van der Waals surface area contributed by atoms with Crippen molar-refractivity contribution in [3.8, 4) is 0 Å². The number of carbonyl (C=O) groups is 1. The van der Waals surface area contributed by atoms with Crippen LogP contribution in [0.15, 0.2) is 16.7 Å². The molecule has 0 unspecified atom stereocenters. The highest BCUT2D eigenvalue weighted by atomic mass is 79.9. The second-order valence-corrected chi connectivity index (χ2v) is 4.00. The summed E-state index contributed by atoms with van der Waals surface area (Å²) >= 11 is 3.38. The van der Waals surface area contributed by atoms with Crippen LogP contribution in [-0.4, -0.2) is 23.0 Å². The maximum atomic E-state index is 11.4. The fraction of sp³-hybridized carbons (Fsp3) is 0.200. The molecule has 0 bridgehead atoms. The minimum atomic E-state index is -0.362. The number of aromatic nitrogens is 2. The lowest BCUT2D eigenvalue weighted by atomic mass is 10.2. The van der Waals surface area contributed by atoms with Crippen LogP contribution in [0.2, 0.25) is 0 Å². The van der Waals surface area contributed by atoms with Gasteiger partial charge in [-0.05, 0) is 28.9 Å². The molecule has 0 amide bonds. The molecule has 0 aliphatic heterocycles. The molecule has 2 rings (SSSR count). The molecule has 78 valence electrons. The molecule has 0 fully saturated rings. The molecule has 5 heteroatoms. The van der Waals surface area contributed by atoms with E-state index in [0.717, 1.165) is 15.6 Å². The predicted molar refractivity (Wildman–Crippen MR) is 59.9 cm³/mol. The number of aryl methyl sites for hydroxylation is 1. The van der Waals surface area contributed by atoms with Gasteiger partial charge in [0, 0.05) is 16.1 Å². The summed E-state index contributed by atoms with van der Waals surface area (Å²) in [6, 6.07) is 1.86. The lowest BCUT2D eigenvalue weighted by Crippen LogP contribution is -1.99. The van der Waals surface area contributed by atoms with Crippen LogP contribution in [0, 0.1) is 6.92 Å². The van der Waals surface area contributed by atoms with E-state index in [1.807, 2.05) is 13.0 Å². The number of hydrogen-bond donors (Lipinski definition) is 1. The molecule has 1 N–H and O–H groups in total. The van der Waals surface area contributed by atoms with Gasteiger partial charge in [-0.1, -0.05) is 0 Å². The quantitative estimate of drug-likeness (QED) is 0.809. The topological polar surface area (TPSA) is 55.0 Å². The third-order valence-corrected chi connectivity index (χ3v) is 3.00. The Labute approximate surface area is 94.8 Å². The standard InChI is InChI=1S/C10H9BrN2O2/c1-5-8(11)3-6-7(10(14)15-2)4-12-9(6)13-5/h3-4H,1-2H3,(H,12,13). The zero-order valence-corrected chi connectivity index (χ0v) is 9.88. The summed E-state index contributed by atoms with van der Waals surface area (Å²) in [5, 5.41) is 0.763. The summed E-state index contributed by atoms with van der Waals surface area (Å²) in [5.41, 5.74) is 2.07. The van der Waals surface area contributed by atoms with Gasteiger partial charge in [0.2, 0.25) is 0 Å². The van der Waals surface area contributed by atoms with Crippen molar-refractivity contribution < 1.29 is 9.53 Å². The Kier molecular flexibility index (Phi) is 2.48. The first-order chi connectivity index (χ1) is 7.13. The maximum absolute atomic E-state index is 11.4. The minimum Gasteiger partial charge on any atom is -0.465 e. The number of aromatic amines is 1. The monoisotopic (exact) mass is 268 g/mol. The lowest BCUT2D eigenvalue weighted by molar-refractivity contribution is 0.0603. The van der Waals surface area contributed by atoms with E-state index < -0.39 is 0 Å². The van der Waals surface area contributed by atoms with Crippen LogP contribution in [0.5, 0.6) is 0 Å². The molecule has 2 heterocycles. The van der Waals surface area contributed by atoms with Gasteiger partial charge in [-0.15, -0.1) is 0 Å². The van der Waals surface area contributed by atoms with Crippen molar-refractivity contribution in [1.82, 2.24) is 9.97 Å². The van der Waals surface area contributed by atoms with Gasteiger partial charge >= 0.3 is 5.97 Å². The highest BCUT2D eigenvalue weighted by Crippen LogP contribution is 2.23. The van der Waals surface area contributed by atoms with Crippen molar-refractivity contribution in [2.45, 2.75) is 6.92 Å². The lowest BCUT2D eigenvalue weighted by Gasteiger charge is -1.99. The number of nitrogens with zero attached hydrogens (tertiary/aromatic N) is 1. The molecule has 0 spiro atoms. The summed E-state index contributed by atoms with van der Waals surface area (Å²) in [6.07, 6.45) is 1.61. The van der Waals surface area contributed by atoms with Crippen molar-refractivity contribution in [3.05, 3.63) is 28.0 Å². The number of hydrogen-bond acceptors (Lipinski definition) is 3. The Bertz CT molecular complexity index is 533. The Balaban J connectivity index is 2.69. The van der Waals surface area contributed by atoms with E-state index in [1.165, 1.54) is 7.11 Å². The summed E-state index contributed by atoms with van der Waals surface area (Å²) in [6.45, 7) is 1.89. The molecule has 2 aromatic rings. The van der Waals surface area contributed by atoms with E-state index in [-0.39, 0.29) is 5.97 Å². The molecule has 0 saturated carbocycles. The Hall–Kier alpha value is -1.36. The first kappa shape index (κ1) is 10.2. The molecule has 4 nitrogen and oxygen atoms in total. The first-order valence-corrected chi connectivity index (χ1v) is 5.15. The van der Waals surface area contributed by atoms with Gasteiger partial charge in [0.1, 0.15) is 5.65 Å². The largest absolute Gasteiger partial charge is 0.465 e. The number of pyridine rings is 1. The van der Waals surface area contributed by atoms with Gasteiger partial charge in [0.15, 0.2) is 0 Å². The smallest absolute Gasteiger partial charge is 0.340 e. The number of nitrogens with one attached hydrogen (secondary N) is 1. The molecule has 0 saturated heterocycles. The molecule has 0 aromatic carbocycles. The van der Waals surface area contributed by atoms with Gasteiger partial charge in [0.05, 0.1) is 18.4 Å². The van der Waals surface area contributed by atoms with Gasteiger partial charge in [-0.3, -0.25) is 0 Å². The Morgan fingerprint density at radius 2 is 2.33 bits per heavy atom. The normalized spacial score (nSPS) is 10.6. The maximum Gasteiger partial charge on any atom is 0.340 e. The highest BCUT2D eigenvalue weighted by Gasteiger charge is 2.13. The molecule has 15 heavy (non-hydrogen) atoms. The van der Waals surface area contributed by atoms with Crippen molar-refractivity contribution in [3.63, 3.8) is 0 Å². The number of halogens is 1. The van der Waals surface area contributed by atoms with Crippen LogP contribution in [0.3, 0.4) is 0 Å². The number of ether oxygens (including phenoxy) is 1. The SMILES string of the molecule is COC(=O)c1c[nH]c2nc(C)c(Br)cc12. The minimum absolute atomic E-state index is 0.362. The number of methoxy groups -OCH3 is 1. The van der Waals surface area contributed by atoms with Crippen molar-refractivity contribution >= 4 is 32.9 Å². The number of fused-ring (bicyclic) bond motifs is 1. The van der Waals surface area contributed by atoms with E-state index >= 15 is 0 Å². The molecule has 0 aliphatic rings. The third-order valence-electron chi connectivity index (χ3n) is 2.20. The summed E-state index contributed by atoms with van der Waals surface area (Å²) in [7, 11) is 1.36. The van der Waals surface area contributed by atoms with E-state index in [9.17, 15) is 4.79 Å². The molecule has 0 atom stereocenters. The second kappa shape index (κ2) is 3.66. The van der Waals surface area contributed by atoms with Crippen LogP contribution in [0.25, 0.3) is 11.0 Å². The van der Waals surface area contributed by atoms with E-state index in [4.69, 9.17) is 0 Å². The van der Waals surface area contributed by atoms with E-state index in [1.54, 1.807) is 6.20 Å². The Morgan fingerprint density at radius 3 is 3.00 bits per heavy atom. The fourth-order valence-corrected chi connectivity index (χ4v) is 1.71. The molecule has 0 aliphatic carbocycles. The van der Waals surface area contributed by atoms with Gasteiger partial charge in [-0.2, -0.15) is 0 Å².